The fourth-order valence-electron chi connectivity index (χ4n) is 5.09. The summed E-state index contributed by atoms with van der Waals surface area (Å²) >= 11 is 0. The molecule has 4 aromatic carbocycles. The average molecular weight is 488 g/mol. The van der Waals surface area contributed by atoms with Gasteiger partial charge in [-0.25, -0.2) is 13.6 Å². The van der Waals surface area contributed by atoms with Gasteiger partial charge in [0.1, 0.15) is 29.1 Å². The number of methoxy groups -OCH3 is 1. The first-order chi connectivity index (χ1) is 17.5. The molecule has 184 valence electrons. The first-order valence-corrected chi connectivity index (χ1v) is 12.0. The first-order valence-electron chi connectivity index (χ1n) is 12.0. The lowest BCUT2D eigenvalue weighted by Crippen LogP contribution is -2.37. The third kappa shape index (κ3) is 4.44. The molecular formula is C30H27F2NO3. The number of esters is 1. The Balaban J connectivity index is 1.42. The predicted molar refractivity (Wildman–Crippen MR) is 135 cm³/mol. The van der Waals surface area contributed by atoms with Crippen LogP contribution >= 0.6 is 0 Å². The lowest BCUT2D eigenvalue weighted by molar-refractivity contribution is 0.0589. The van der Waals surface area contributed by atoms with Crippen molar-refractivity contribution in [3.8, 4) is 5.75 Å². The molecule has 0 saturated heterocycles. The van der Waals surface area contributed by atoms with Crippen molar-refractivity contribution in [3.05, 3.63) is 113 Å². The Kier molecular flexibility index (Phi) is 6.70. The topological polar surface area (TPSA) is 47.6 Å². The number of hydrogen-bond donors (Lipinski definition) is 1. The maximum absolute atomic E-state index is 15.5. The molecule has 0 bridgehead atoms. The molecule has 36 heavy (non-hydrogen) atoms. The van der Waals surface area contributed by atoms with Crippen molar-refractivity contribution >= 4 is 16.7 Å². The Bertz CT molecular complexity index is 1420. The van der Waals surface area contributed by atoms with Crippen molar-refractivity contribution in [3.63, 3.8) is 0 Å². The molecule has 0 aliphatic carbocycles. The van der Waals surface area contributed by atoms with Crippen molar-refractivity contribution in [1.82, 2.24) is 5.32 Å². The number of nitrogens with one attached hydrogen (secondary N) is 1. The second-order valence-corrected chi connectivity index (χ2v) is 9.08. The van der Waals surface area contributed by atoms with Crippen LogP contribution in [-0.4, -0.2) is 25.7 Å². The van der Waals surface area contributed by atoms with Gasteiger partial charge in [-0.15, -0.1) is 0 Å². The van der Waals surface area contributed by atoms with E-state index in [0.717, 1.165) is 18.7 Å². The molecule has 3 atom stereocenters. The van der Waals surface area contributed by atoms with Crippen LogP contribution in [0.5, 0.6) is 5.75 Å². The summed E-state index contributed by atoms with van der Waals surface area (Å²) in [5, 5.41) is 5.94. The van der Waals surface area contributed by atoms with Gasteiger partial charge in [-0.3, -0.25) is 0 Å². The zero-order valence-corrected chi connectivity index (χ0v) is 20.1. The lowest BCUT2D eigenvalue weighted by atomic mass is 9.83. The molecule has 0 saturated carbocycles. The van der Waals surface area contributed by atoms with E-state index in [1.807, 2.05) is 36.4 Å². The highest BCUT2D eigenvalue weighted by Gasteiger charge is 2.33. The van der Waals surface area contributed by atoms with Crippen LogP contribution in [0.1, 0.15) is 52.4 Å². The molecule has 1 aliphatic heterocycles. The zero-order valence-electron chi connectivity index (χ0n) is 20.1. The number of carbonyl (C=O) groups is 1. The molecule has 0 aromatic heterocycles. The highest BCUT2D eigenvalue weighted by molar-refractivity contribution is 5.90. The number of rotatable bonds is 6. The van der Waals surface area contributed by atoms with Crippen molar-refractivity contribution < 1.29 is 23.0 Å². The van der Waals surface area contributed by atoms with Gasteiger partial charge in [-0.2, -0.15) is 0 Å². The highest BCUT2D eigenvalue weighted by Crippen LogP contribution is 2.42. The minimum atomic E-state index is -1.03. The fraction of sp³-hybridized carbons (Fsp3) is 0.233. The molecule has 0 fully saturated rings. The largest absolute Gasteiger partial charge is 0.489 e. The predicted octanol–water partition coefficient (Wildman–Crippen LogP) is 6.54. The van der Waals surface area contributed by atoms with E-state index in [9.17, 15) is 9.18 Å². The summed E-state index contributed by atoms with van der Waals surface area (Å²) < 4.78 is 40.7. The first kappa shape index (κ1) is 23.9. The van der Waals surface area contributed by atoms with Gasteiger partial charge >= 0.3 is 5.97 Å². The van der Waals surface area contributed by atoms with Crippen molar-refractivity contribution in [2.45, 2.75) is 31.4 Å². The Hall–Kier alpha value is -3.77. The molecule has 0 spiro atoms. The van der Waals surface area contributed by atoms with E-state index in [1.54, 1.807) is 0 Å². The summed E-state index contributed by atoms with van der Waals surface area (Å²) in [6, 6.07) is 24.6. The van der Waals surface area contributed by atoms with E-state index in [-0.39, 0.29) is 17.7 Å². The summed E-state index contributed by atoms with van der Waals surface area (Å²) in [4.78, 5) is 12.1. The number of hydrogen-bond acceptors (Lipinski definition) is 4. The summed E-state index contributed by atoms with van der Waals surface area (Å²) in [7, 11) is 1.11. The minimum Gasteiger partial charge on any atom is -0.489 e. The third-order valence-electron chi connectivity index (χ3n) is 6.91. The highest BCUT2D eigenvalue weighted by atomic mass is 19.1. The molecule has 0 amide bonds. The van der Waals surface area contributed by atoms with E-state index in [2.05, 4.69) is 47.3 Å². The van der Waals surface area contributed by atoms with Gasteiger partial charge in [0.05, 0.1) is 7.11 Å². The van der Waals surface area contributed by atoms with Crippen molar-refractivity contribution in [2.75, 3.05) is 13.7 Å². The van der Waals surface area contributed by atoms with Crippen LogP contribution in [0.15, 0.2) is 78.9 Å². The average Bonchev–Trinajstić information content (AvgIpc) is 2.91. The molecule has 4 nitrogen and oxygen atoms in total. The molecular weight excluding hydrogens is 460 g/mol. The van der Waals surface area contributed by atoms with E-state index in [4.69, 9.17) is 4.74 Å². The maximum atomic E-state index is 15.5. The molecule has 1 N–H and O–H groups in total. The minimum absolute atomic E-state index is 0.0591. The van der Waals surface area contributed by atoms with Crippen molar-refractivity contribution in [1.29, 1.82) is 0 Å². The third-order valence-corrected chi connectivity index (χ3v) is 6.91. The normalized spacial score (nSPS) is 17.8. The van der Waals surface area contributed by atoms with Crippen LogP contribution in [0.3, 0.4) is 0 Å². The molecule has 1 heterocycles. The fourth-order valence-corrected chi connectivity index (χ4v) is 5.09. The summed E-state index contributed by atoms with van der Waals surface area (Å²) in [5.74, 6) is -2.61. The Morgan fingerprint density at radius 3 is 2.58 bits per heavy atom. The molecule has 5 rings (SSSR count). The maximum Gasteiger partial charge on any atom is 0.343 e. The van der Waals surface area contributed by atoms with E-state index in [1.165, 1.54) is 22.4 Å². The number of ether oxygens (including phenoxy) is 2. The van der Waals surface area contributed by atoms with Gasteiger partial charge in [0.2, 0.25) is 0 Å². The second-order valence-electron chi connectivity index (χ2n) is 9.08. The van der Waals surface area contributed by atoms with Gasteiger partial charge < -0.3 is 14.8 Å². The van der Waals surface area contributed by atoms with Gasteiger partial charge in [-0.05, 0) is 47.4 Å². The van der Waals surface area contributed by atoms with Crippen LogP contribution in [0.2, 0.25) is 0 Å². The van der Waals surface area contributed by atoms with Crippen LogP contribution in [-0.2, 0) is 4.74 Å². The van der Waals surface area contributed by atoms with Crippen LogP contribution in [0.4, 0.5) is 8.78 Å². The zero-order chi connectivity index (χ0) is 25.2. The Labute approximate surface area is 208 Å². The van der Waals surface area contributed by atoms with E-state index in [0.29, 0.717) is 18.7 Å². The monoisotopic (exact) mass is 487 g/mol. The summed E-state index contributed by atoms with van der Waals surface area (Å²) in [6.45, 7) is 2.64. The summed E-state index contributed by atoms with van der Waals surface area (Å²) in [5.41, 5.74) is 1.57. The molecule has 1 aliphatic rings. The number of fused-ring (bicyclic) bond motifs is 2. The van der Waals surface area contributed by atoms with E-state index >= 15 is 4.39 Å². The number of halogens is 2. The number of carbonyl (C=O) groups excluding carboxylic acids is 1. The molecule has 6 heteroatoms. The van der Waals surface area contributed by atoms with Crippen molar-refractivity contribution in [2.24, 2.45) is 0 Å². The van der Waals surface area contributed by atoms with E-state index < -0.39 is 29.1 Å². The van der Waals surface area contributed by atoms with Gasteiger partial charge in [0, 0.05) is 24.1 Å². The molecule has 0 radical (unpaired) electrons. The summed E-state index contributed by atoms with van der Waals surface area (Å²) in [6.07, 6.45) is 0.212. The number of para-hydroxylation sites is 1. The molecule has 1 unspecified atom stereocenters. The van der Waals surface area contributed by atoms with Gasteiger partial charge in [-0.1, -0.05) is 66.7 Å². The smallest absolute Gasteiger partial charge is 0.343 e. The van der Waals surface area contributed by atoms with Gasteiger partial charge in [0.15, 0.2) is 0 Å². The van der Waals surface area contributed by atoms with Crippen LogP contribution < -0.4 is 10.1 Å². The molecule has 4 aromatic rings. The Morgan fingerprint density at radius 1 is 1.00 bits per heavy atom. The lowest BCUT2D eigenvalue weighted by Gasteiger charge is -2.33. The van der Waals surface area contributed by atoms with Gasteiger partial charge in [0.25, 0.3) is 0 Å². The quantitative estimate of drug-likeness (QED) is 0.314. The van der Waals surface area contributed by atoms with Crippen LogP contribution in [0.25, 0.3) is 10.8 Å². The van der Waals surface area contributed by atoms with Crippen LogP contribution in [0, 0.1) is 11.6 Å². The SMILES string of the molecule is COC(=O)c1c(F)ccc([C@@H]2C[C@H](CNC(C)c3cccc4ccccc34)Oc3ccccc32)c1F. The number of benzene rings is 4. The standard InChI is InChI=1S/C30H27F2NO3/c1-18(21-12-7-9-19-8-3-4-10-22(19)21)33-17-20-16-25(23-11-5-6-13-27(23)36-20)24-14-15-26(31)28(29(24)32)30(34)35-2/h3-15,18,20,25,33H,16-17H2,1-2H3/t18?,20-,25-/m1/s1. The Morgan fingerprint density at radius 2 is 1.75 bits per heavy atom. The second kappa shape index (κ2) is 10.1.